The van der Waals surface area contributed by atoms with Gasteiger partial charge in [0.05, 0.1) is 17.3 Å². The highest BCUT2D eigenvalue weighted by atomic mass is 32.2. The van der Waals surface area contributed by atoms with Gasteiger partial charge in [0.25, 0.3) is 0 Å². The Hall–Kier alpha value is -2.36. The molecule has 98 valence electrons. The van der Waals surface area contributed by atoms with Crippen molar-refractivity contribution in [3.05, 3.63) is 42.7 Å². The minimum atomic E-state index is -1.35. The van der Waals surface area contributed by atoms with E-state index in [0.717, 1.165) is 16.6 Å². The first-order chi connectivity index (χ1) is 9.79. The van der Waals surface area contributed by atoms with Crippen LogP contribution in [0, 0.1) is 11.3 Å². The predicted octanol–water partition coefficient (Wildman–Crippen LogP) is 2.26. The van der Waals surface area contributed by atoms with Crippen LogP contribution in [0.5, 0.6) is 0 Å². The van der Waals surface area contributed by atoms with Gasteiger partial charge in [-0.05, 0) is 18.2 Å². The number of benzene rings is 1. The summed E-state index contributed by atoms with van der Waals surface area (Å²) < 4.78 is 12.1. The molecule has 2 aromatic heterocycles. The molecule has 3 aromatic rings. The van der Waals surface area contributed by atoms with E-state index in [4.69, 9.17) is 5.26 Å². The molecule has 0 saturated carbocycles. The molecule has 0 aliphatic rings. The molecule has 20 heavy (non-hydrogen) atoms. The summed E-state index contributed by atoms with van der Waals surface area (Å²) >= 11 is -1.35. The van der Waals surface area contributed by atoms with E-state index in [1.165, 1.54) is 0 Å². The van der Waals surface area contributed by atoms with Crippen molar-refractivity contribution in [2.75, 3.05) is 5.75 Å². The van der Waals surface area contributed by atoms with Gasteiger partial charge in [0.2, 0.25) is 0 Å². The molecule has 1 N–H and O–H groups in total. The molecule has 5 nitrogen and oxygen atoms in total. The van der Waals surface area contributed by atoms with Crippen LogP contribution in [0.1, 0.15) is 0 Å². The lowest BCUT2D eigenvalue weighted by molar-refractivity contribution is 0.598. The van der Waals surface area contributed by atoms with E-state index in [0.29, 0.717) is 10.7 Å². The van der Waals surface area contributed by atoms with E-state index in [9.17, 15) is 4.55 Å². The van der Waals surface area contributed by atoms with E-state index in [1.807, 2.05) is 24.3 Å². The van der Waals surface area contributed by atoms with Crippen molar-refractivity contribution < 1.29 is 4.55 Å². The second-order valence-corrected chi connectivity index (χ2v) is 5.54. The number of imidazole rings is 1. The molecular formula is C14H10N4OS. The average Bonchev–Trinajstić information content (AvgIpc) is 2.91. The van der Waals surface area contributed by atoms with Crippen LogP contribution in [-0.4, -0.2) is 25.3 Å². The SMILES string of the molecule is N#CC[S+]([O-])c1ccccc1-c1nc2cnccc2[nH]1. The van der Waals surface area contributed by atoms with Crippen molar-refractivity contribution >= 4 is 22.2 Å². The van der Waals surface area contributed by atoms with Crippen molar-refractivity contribution in [2.45, 2.75) is 4.90 Å². The number of fused-ring (bicyclic) bond motifs is 1. The summed E-state index contributed by atoms with van der Waals surface area (Å²) in [6.07, 6.45) is 3.36. The Morgan fingerprint density at radius 2 is 2.15 bits per heavy atom. The summed E-state index contributed by atoms with van der Waals surface area (Å²) in [5.41, 5.74) is 2.37. The number of hydrogen-bond donors (Lipinski definition) is 1. The number of hydrogen-bond acceptors (Lipinski definition) is 4. The highest BCUT2D eigenvalue weighted by Crippen LogP contribution is 2.27. The zero-order valence-corrected chi connectivity index (χ0v) is 11.2. The highest BCUT2D eigenvalue weighted by Gasteiger charge is 2.18. The Morgan fingerprint density at radius 1 is 1.30 bits per heavy atom. The van der Waals surface area contributed by atoms with Crippen molar-refractivity contribution in [1.29, 1.82) is 5.26 Å². The molecule has 1 atom stereocenters. The quantitative estimate of drug-likeness (QED) is 0.746. The van der Waals surface area contributed by atoms with Crippen molar-refractivity contribution in [3.63, 3.8) is 0 Å². The summed E-state index contributed by atoms with van der Waals surface area (Å²) in [5.74, 6) is 0.605. The summed E-state index contributed by atoms with van der Waals surface area (Å²) in [6.45, 7) is 0. The van der Waals surface area contributed by atoms with Gasteiger partial charge in [-0.3, -0.25) is 4.98 Å². The molecule has 1 aromatic carbocycles. The molecule has 0 aliphatic heterocycles. The average molecular weight is 282 g/mol. The third-order valence-corrected chi connectivity index (χ3v) is 4.11. The smallest absolute Gasteiger partial charge is 0.196 e. The Labute approximate surface area is 118 Å². The van der Waals surface area contributed by atoms with Gasteiger partial charge in [0, 0.05) is 17.4 Å². The molecule has 0 spiro atoms. The largest absolute Gasteiger partial charge is 0.611 e. The first kappa shape index (κ1) is 12.7. The molecule has 0 aliphatic carbocycles. The maximum Gasteiger partial charge on any atom is 0.196 e. The number of nitrogens with one attached hydrogen (secondary N) is 1. The number of pyridine rings is 1. The number of nitriles is 1. The van der Waals surface area contributed by atoms with Crippen LogP contribution in [0.3, 0.4) is 0 Å². The zero-order chi connectivity index (χ0) is 13.9. The van der Waals surface area contributed by atoms with Gasteiger partial charge >= 0.3 is 0 Å². The number of H-pyrrole nitrogens is 1. The van der Waals surface area contributed by atoms with Gasteiger partial charge in [-0.1, -0.05) is 12.1 Å². The first-order valence-electron chi connectivity index (χ1n) is 5.94. The maximum atomic E-state index is 12.1. The number of aromatic nitrogens is 3. The van der Waals surface area contributed by atoms with E-state index in [-0.39, 0.29) is 5.75 Å². The van der Waals surface area contributed by atoms with Gasteiger partial charge in [-0.2, -0.15) is 5.26 Å². The number of nitrogens with zero attached hydrogens (tertiary/aromatic N) is 3. The fourth-order valence-corrected chi connectivity index (χ4v) is 2.89. The zero-order valence-electron chi connectivity index (χ0n) is 10.4. The van der Waals surface area contributed by atoms with Crippen LogP contribution >= 0.6 is 0 Å². The fraction of sp³-hybridized carbons (Fsp3) is 0.0714. The van der Waals surface area contributed by atoms with Crippen LogP contribution in [0.15, 0.2) is 47.6 Å². The standard InChI is InChI=1S/C14H10N4OS/c15-6-8-20(19)13-4-2-1-3-10(13)14-17-11-5-7-16-9-12(11)18-14/h1-5,7,9H,8H2,(H,17,18). The van der Waals surface area contributed by atoms with E-state index < -0.39 is 11.2 Å². The summed E-state index contributed by atoms with van der Waals surface area (Å²) in [6, 6.07) is 11.0. The normalized spacial score (nSPS) is 12.2. The van der Waals surface area contributed by atoms with Gasteiger partial charge in [0.15, 0.2) is 10.6 Å². The second kappa shape index (κ2) is 5.33. The topological polar surface area (TPSA) is 88.4 Å². The highest BCUT2D eigenvalue weighted by molar-refractivity contribution is 7.91. The van der Waals surface area contributed by atoms with E-state index in [2.05, 4.69) is 15.0 Å². The third-order valence-electron chi connectivity index (χ3n) is 2.87. The van der Waals surface area contributed by atoms with Crippen molar-refractivity contribution in [2.24, 2.45) is 0 Å². The Kier molecular flexibility index (Phi) is 3.37. The maximum absolute atomic E-state index is 12.1. The predicted molar refractivity (Wildman–Crippen MR) is 76.2 cm³/mol. The van der Waals surface area contributed by atoms with Gasteiger partial charge < -0.3 is 9.54 Å². The Bertz CT molecular complexity index is 760. The van der Waals surface area contributed by atoms with Gasteiger partial charge in [-0.25, -0.2) is 4.98 Å². The molecule has 0 fully saturated rings. The Morgan fingerprint density at radius 3 is 2.95 bits per heavy atom. The molecule has 6 heteroatoms. The molecule has 2 heterocycles. The molecule has 0 bridgehead atoms. The number of rotatable bonds is 3. The lowest BCUT2D eigenvalue weighted by Gasteiger charge is -2.09. The summed E-state index contributed by atoms with van der Waals surface area (Å²) in [4.78, 5) is 12.3. The minimum Gasteiger partial charge on any atom is -0.611 e. The monoisotopic (exact) mass is 282 g/mol. The van der Waals surface area contributed by atoms with Crippen LogP contribution in [0.4, 0.5) is 0 Å². The van der Waals surface area contributed by atoms with Gasteiger partial charge in [-0.15, -0.1) is 0 Å². The molecule has 0 amide bonds. The minimum absolute atomic E-state index is 0.0290. The molecule has 1 unspecified atom stereocenters. The van der Waals surface area contributed by atoms with Crippen molar-refractivity contribution in [3.8, 4) is 17.5 Å². The first-order valence-corrected chi connectivity index (χ1v) is 7.26. The Balaban J connectivity index is 2.12. The lowest BCUT2D eigenvalue weighted by atomic mass is 10.2. The molecule has 0 saturated heterocycles. The summed E-state index contributed by atoms with van der Waals surface area (Å²) in [5, 5.41) is 8.70. The van der Waals surface area contributed by atoms with Crippen molar-refractivity contribution in [1.82, 2.24) is 15.0 Å². The lowest BCUT2D eigenvalue weighted by Crippen LogP contribution is -2.07. The van der Waals surface area contributed by atoms with Crippen LogP contribution in [0.2, 0.25) is 0 Å². The van der Waals surface area contributed by atoms with Gasteiger partial charge in [0.1, 0.15) is 17.4 Å². The third kappa shape index (κ3) is 2.25. The van der Waals surface area contributed by atoms with E-state index in [1.54, 1.807) is 24.5 Å². The van der Waals surface area contributed by atoms with Crippen LogP contribution < -0.4 is 0 Å². The molecular weight excluding hydrogens is 272 g/mol. The molecule has 3 rings (SSSR count). The fourth-order valence-electron chi connectivity index (χ4n) is 1.98. The second-order valence-electron chi connectivity index (χ2n) is 4.12. The van der Waals surface area contributed by atoms with E-state index >= 15 is 0 Å². The molecule has 0 radical (unpaired) electrons. The summed E-state index contributed by atoms with van der Waals surface area (Å²) in [7, 11) is 0. The van der Waals surface area contributed by atoms with Crippen LogP contribution in [-0.2, 0) is 11.2 Å². The van der Waals surface area contributed by atoms with Crippen LogP contribution in [0.25, 0.3) is 22.4 Å². The number of aromatic amines is 1.